The molecule has 0 radical (unpaired) electrons. The number of rotatable bonds is 3. The molecule has 166 valence electrons. The van der Waals surface area contributed by atoms with E-state index >= 15 is 0 Å². The van der Waals surface area contributed by atoms with E-state index in [1.165, 1.54) is 12.3 Å². The molecule has 1 amide bonds. The number of ether oxygens (including phenoxy) is 1. The van der Waals surface area contributed by atoms with Crippen molar-refractivity contribution in [2.75, 3.05) is 26.3 Å². The van der Waals surface area contributed by atoms with E-state index in [9.17, 15) is 18.0 Å². The highest BCUT2D eigenvalue weighted by molar-refractivity contribution is 5.99. The Morgan fingerprint density at radius 2 is 2.00 bits per heavy atom. The molecule has 0 atom stereocenters. The Morgan fingerprint density at radius 3 is 2.84 bits per heavy atom. The number of nitrogens with zero attached hydrogens (tertiary/aromatic N) is 6. The van der Waals surface area contributed by atoms with Gasteiger partial charge in [0.2, 0.25) is 0 Å². The molecular formula is C21H19F3N6O2. The van der Waals surface area contributed by atoms with E-state index in [4.69, 9.17) is 4.74 Å². The van der Waals surface area contributed by atoms with Crippen molar-refractivity contribution < 1.29 is 22.7 Å². The summed E-state index contributed by atoms with van der Waals surface area (Å²) in [5.74, 6) is -0.339. The van der Waals surface area contributed by atoms with Crippen LogP contribution in [-0.2, 0) is 11.3 Å². The van der Waals surface area contributed by atoms with Crippen LogP contribution in [0.4, 0.5) is 13.2 Å². The predicted octanol–water partition coefficient (Wildman–Crippen LogP) is 3.17. The van der Waals surface area contributed by atoms with Gasteiger partial charge in [0.15, 0.2) is 0 Å². The summed E-state index contributed by atoms with van der Waals surface area (Å²) in [6.45, 7) is 0.617. The SMILES string of the molecule is O=C(c1cc2c(cn1)c(-c1cnc3ccccn13)nn2CC(F)(F)F)N1CCCOCC1. The summed E-state index contributed by atoms with van der Waals surface area (Å²) in [5, 5.41) is 4.66. The van der Waals surface area contributed by atoms with Gasteiger partial charge < -0.3 is 9.64 Å². The molecule has 0 spiro atoms. The van der Waals surface area contributed by atoms with Crippen molar-refractivity contribution in [3.05, 3.63) is 48.5 Å². The van der Waals surface area contributed by atoms with E-state index in [0.29, 0.717) is 55.1 Å². The summed E-state index contributed by atoms with van der Waals surface area (Å²) in [7, 11) is 0. The molecule has 1 aliphatic rings. The molecule has 0 saturated carbocycles. The quantitative estimate of drug-likeness (QED) is 0.485. The Balaban J connectivity index is 1.62. The van der Waals surface area contributed by atoms with Gasteiger partial charge in [0.25, 0.3) is 5.91 Å². The molecule has 1 saturated heterocycles. The molecule has 1 aliphatic heterocycles. The standard InChI is InChI=1S/C21H19F3N6O2/c22-21(23,24)13-30-16-10-15(20(31)28-5-3-8-32-9-7-28)25-11-14(16)19(27-30)17-12-26-18-4-1-2-6-29(17)18/h1-2,4,6,10-12H,3,5,7-9,13H2. The van der Waals surface area contributed by atoms with E-state index in [1.807, 2.05) is 6.07 Å². The second-order valence-electron chi connectivity index (χ2n) is 7.54. The van der Waals surface area contributed by atoms with Crippen LogP contribution in [0.15, 0.2) is 42.9 Å². The minimum absolute atomic E-state index is 0.0763. The number of amides is 1. The van der Waals surface area contributed by atoms with Gasteiger partial charge in [-0.15, -0.1) is 0 Å². The summed E-state index contributed by atoms with van der Waals surface area (Å²) in [6, 6.07) is 6.79. The highest BCUT2D eigenvalue weighted by Crippen LogP contribution is 2.30. The van der Waals surface area contributed by atoms with Gasteiger partial charge in [-0.05, 0) is 24.6 Å². The Labute approximate surface area is 180 Å². The Kier molecular flexibility index (Phi) is 5.04. The van der Waals surface area contributed by atoms with Crippen LogP contribution >= 0.6 is 0 Å². The van der Waals surface area contributed by atoms with Crippen molar-refractivity contribution in [2.45, 2.75) is 19.1 Å². The summed E-state index contributed by atoms with van der Waals surface area (Å²) in [6.07, 6.45) is 0.947. The first kappa shape index (κ1) is 20.4. The molecule has 0 bridgehead atoms. The Hall–Kier alpha value is -3.47. The average molecular weight is 444 g/mol. The van der Waals surface area contributed by atoms with Crippen molar-refractivity contribution >= 4 is 22.5 Å². The maximum absolute atomic E-state index is 13.3. The van der Waals surface area contributed by atoms with Crippen molar-refractivity contribution in [1.82, 2.24) is 29.0 Å². The fraction of sp³-hybridized carbons (Fsp3) is 0.333. The fourth-order valence-corrected chi connectivity index (χ4v) is 3.88. The number of alkyl halides is 3. The van der Waals surface area contributed by atoms with E-state index in [2.05, 4.69) is 15.1 Å². The molecule has 0 aromatic carbocycles. The molecule has 11 heteroatoms. The number of carbonyl (C=O) groups is 1. The van der Waals surface area contributed by atoms with Crippen LogP contribution in [0.2, 0.25) is 0 Å². The molecule has 0 N–H and O–H groups in total. The molecule has 4 aromatic heterocycles. The number of hydrogen-bond donors (Lipinski definition) is 0. The molecule has 5 rings (SSSR count). The molecule has 4 aromatic rings. The molecule has 32 heavy (non-hydrogen) atoms. The number of pyridine rings is 2. The van der Waals surface area contributed by atoms with Crippen LogP contribution in [0.5, 0.6) is 0 Å². The third kappa shape index (κ3) is 3.79. The van der Waals surface area contributed by atoms with E-state index < -0.39 is 12.7 Å². The summed E-state index contributed by atoms with van der Waals surface area (Å²) in [5.41, 5.74) is 1.76. The first-order valence-corrected chi connectivity index (χ1v) is 10.1. The molecule has 0 aliphatic carbocycles. The molecular weight excluding hydrogens is 425 g/mol. The van der Waals surface area contributed by atoms with Gasteiger partial charge in [-0.3, -0.25) is 18.9 Å². The predicted molar refractivity (Wildman–Crippen MR) is 109 cm³/mol. The largest absolute Gasteiger partial charge is 0.408 e. The van der Waals surface area contributed by atoms with Crippen LogP contribution in [-0.4, -0.2) is 67.4 Å². The van der Waals surface area contributed by atoms with Crippen molar-refractivity contribution in [1.29, 1.82) is 0 Å². The number of carbonyl (C=O) groups excluding carboxylic acids is 1. The zero-order chi connectivity index (χ0) is 22.3. The highest BCUT2D eigenvalue weighted by atomic mass is 19.4. The second kappa shape index (κ2) is 7.90. The second-order valence-corrected chi connectivity index (χ2v) is 7.54. The molecule has 1 fully saturated rings. The van der Waals surface area contributed by atoms with Crippen molar-refractivity contribution in [3.8, 4) is 11.4 Å². The lowest BCUT2D eigenvalue weighted by atomic mass is 10.2. The van der Waals surface area contributed by atoms with Crippen LogP contribution in [0.25, 0.3) is 27.9 Å². The number of halogens is 3. The maximum Gasteiger partial charge on any atom is 0.408 e. The zero-order valence-corrected chi connectivity index (χ0v) is 16.9. The van der Waals surface area contributed by atoms with E-state index in [1.54, 1.807) is 33.8 Å². The van der Waals surface area contributed by atoms with Gasteiger partial charge in [-0.1, -0.05) is 6.07 Å². The smallest absolute Gasteiger partial charge is 0.380 e. The lowest BCUT2D eigenvalue weighted by Crippen LogP contribution is -2.33. The summed E-state index contributed by atoms with van der Waals surface area (Å²) in [4.78, 5) is 23.1. The number of imidazole rings is 1. The summed E-state index contributed by atoms with van der Waals surface area (Å²) < 4.78 is 47.8. The van der Waals surface area contributed by atoms with Crippen LogP contribution in [0, 0.1) is 0 Å². The zero-order valence-electron chi connectivity index (χ0n) is 16.9. The average Bonchev–Trinajstić information content (AvgIpc) is 3.21. The van der Waals surface area contributed by atoms with Crippen molar-refractivity contribution in [3.63, 3.8) is 0 Å². The topological polar surface area (TPSA) is 77.6 Å². The lowest BCUT2D eigenvalue weighted by molar-refractivity contribution is -0.141. The number of aromatic nitrogens is 5. The highest BCUT2D eigenvalue weighted by Gasteiger charge is 2.31. The normalized spacial score (nSPS) is 15.4. The minimum atomic E-state index is -4.48. The van der Waals surface area contributed by atoms with Crippen LogP contribution in [0.3, 0.4) is 0 Å². The lowest BCUT2D eigenvalue weighted by Gasteiger charge is -2.19. The first-order chi connectivity index (χ1) is 15.4. The minimum Gasteiger partial charge on any atom is -0.380 e. The monoisotopic (exact) mass is 444 g/mol. The van der Waals surface area contributed by atoms with Crippen LogP contribution < -0.4 is 0 Å². The van der Waals surface area contributed by atoms with Gasteiger partial charge in [0, 0.05) is 37.5 Å². The van der Waals surface area contributed by atoms with Gasteiger partial charge in [-0.25, -0.2) is 4.98 Å². The van der Waals surface area contributed by atoms with Gasteiger partial charge in [0.1, 0.15) is 23.6 Å². The van der Waals surface area contributed by atoms with Gasteiger partial charge in [0.05, 0.1) is 24.0 Å². The number of fused-ring (bicyclic) bond motifs is 2. The molecule has 8 nitrogen and oxygen atoms in total. The fourth-order valence-electron chi connectivity index (χ4n) is 3.88. The van der Waals surface area contributed by atoms with Crippen LogP contribution in [0.1, 0.15) is 16.9 Å². The van der Waals surface area contributed by atoms with E-state index in [0.717, 1.165) is 4.68 Å². The Morgan fingerprint density at radius 1 is 1.12 bits per heavy atom. The van der Waals surface area contributed by atoms with Gasteiger partial charge in [-0.2, -0.15) is 18.3 Å². The van der Waals surface area contributed by atoms with Gasteiger partial charge >= 0.3 is 6.18 Å². The van der Waals surface area contributed by atoms with E-state index in [-0.39, 0.29) is 17.1 Å². The third-order valence-corrected chi connectivity index (χ3v) is 5.35. The summed E-state index contributed by atoms with van der Waals surface area (Å²) >= 11 is 0. The third-order valence-electron chi connectivity index (χ3n) is 5.35. The molecule has 0 unspecified atom stereocenters. The molecule has 5 heterocycles. The van der Waals surface area contributed by atoms with Crippen molar-refractivity contribution in [2.24, 2.45) is 0 Å². The number of hydrogen-bond acceptors (Lipinski definition) is 5. The first-order valence-electron chi connectivity index (χ1n) is 10.1. The maximum atomic E-state index is 13.3. The Bertz CT molecular complexity index is 1290.